The molecule has 0 N–H and O–H groups in total. The summed E-state index contributed by atoms with van der Waals surface area (Å²) < 4.78 is 33.7. The van der Waals surface area contributed by atoms with E-state index in [-0.39, 0.29) is 6.04 Å². The number of hydrogen-bond acceptors (Lipinski definition) is 3. The van der Waals surface area contributed by atoms with Crippen molar-refractivity contribution in [1.29, 1.82) is 0 Å². The summed E-state index contributed by atoms with van der Waals surface area (Å²) in [7, 11) is -3.29. The normalized spacial score (nSPS) is 23.2. The third-order valence-electron chi connectivity index (χ3n) is 3.59. The molecule has 1 heterocycles. The van der Waals surface area contributed by atoms with Crippen LogP contribution in [-0.4, -0.2) is 61.2 Å². The van der Waals surface area contributed by atoms with Crippen molar-refractivity contribution in [3.8, 4) is 0 Å². The van der Waals surface area contributed by atoms with E-state index >= 15 is 0 Å². The van der Waals surface area contributed by atoms with Crippen LogP contribution in [0.4, 0.5) is 0 Å². The van der Waals surface area contributed by atoms with Crippen molar-refractivity contribution in [3.05, 3.63) is 0 Å². The molecule has 18 heavy (non-hydrogen) atoms. The summed E-state index contributed by atoms with van der Waals surface area (Å²) in [5.74, 6) is 0. The highest BCUT2D eigenvalue weighted by molar-refractivity contribution is 9.09. The quantitative estimate of drug-likeness (QED) is 0.682. The first-order valence-electron chi connectivity index (χ1n) is 6.57. The molecule has 0 unspecified atom stereocenters. The molecule has 1 aliphatic heterocycles. The van der Waals surface area contributed by atoms with Crippen LogP contribution in [0.3, 0.4) is 0 Å². The van der Waals surface area contributed by atoms with Gasteiger partial charge in [-0.3, -0.25) is 0 Å². The summed E-state index contributed by atoms with van der Waals surface area (Å²) in [6.07, 6.45) is 4.02. The molecule has 0 aromatic rings. The molecular formula is C11H21BrN2O3S. The number of rotatable bonds is 6. The van der Waals surface area contributed by atoms with E-state index in [0.29, 0.717) is 32.8 Å². The van der Waals surface area contributed by atoms with Crippen molar-refractivity contribution >= 4 is 26.1 Å². The van der Waals surface area contributed by atoms with Crippen molar-refractivity contribution in [2.24, 2.45) is 0 Å². The second kappa shape index (κ2) is 6.65. The highest BCUT2D eigenvalue weighted by Gasteiger charge is 2.37. The van der Waals surface area contributed by atoms with Gasteiger partial charge in [-0.1, -0.05) is 22.4 Å². The molecule has 0 atom stereocenters. The highest BCUT2D eigenvalue weighted by Crippen LogP contribution is 2.28. The Morgan fingerprint density at radius 3 is 2.44 bits per heavy atom. The van der Waals surface area contributed by atoms with Crippen LogP contribution in [0.15, 0.2) is 0 Å². The maximum atomic E-state index is 12.6. The lowest BCUT2D eigenvalue weighted by Gasteiger charge is -2.40. The minimum atomic E-state index is -3.29. The zero-order valence-electron chi connectivity index (χ0n) is 10.6. The highest BCUT2D eigenvalue weighted by atomic mass is 79.9. The van der Waals surface area contributed by atoms with Gasteiger partial charge in [-0.2, -0.15) is 17.0 Å². The van der Waals surface area contributed by atoms with Crippen LogP contribution < -0.4 is 0 Å². The topological polar surface area (TPSA) is 49.9 Å². The summed E-state index contributed by atoms with van der Waals surface area (Å²) in [5.41, 5.74) is 0. The Morgan fingerprint density at radius 2 is 1.94 bits per heavy atom. The van der Waals surface area contributed by atoms with Gasteiger partial charge in [-0.05, 0) is 19.3 Å². The Morgan fingerprint density at radius 1 is 1.28 bits per heavy atom. The summed E-state index contributed by atoms with van der Waals surface area (Å²) in [4.78, 5) is 0. The molecule has 2 rings (SSSR count). The minimum absolute atomic E-state index is 0.219. The molecule has 5 nitrogen and oxygen atoms in total. The summed E-state index contributed by atoms with van der Waals surface area (Å²) >= 11 is 3.37. The Balaban J connectivity index is 2.06. The Hall–Kier alpha value is 0.310. The van der Waals surface area contributed by atoms with E-state index in [1.54, 1.807) is 8.61 Å². The zero-order chi connectivity index (χ0) is 13.0. The fourth-order valence-corrected chi connectivity index (χ4v) is 4.41. The van der Waals surface area contributed by atoms with E-state index in [4.69, 9.17) is 4.74 Å². The van der Waals surface area contributed by atoms with Gasteiger partial charge in [0.1, 0.15) is 0 Å². The molecule has 2 fully saturated rings. The van der Waals surface area contributed by atoms with E-state index in [1.807, 2.05) is 0 Å². The molecule has 2 aliphatic rings. The van der Waals surface area contributed by atoms with E-state index < -0.39 is 10.2 Å². The smallest absolute Gasteiger partial charge is 0.282 e. The van der Waals surface area contributed by atoms with Gasteiger partial charge in [0.2, 0.25) is 0 Å². The number of nitrogens with zero attached hydrogens (tertiary/aromatic N) is 2. The molecule has 0 amide bonds. The van der Waals surface area contributed by atoms with Crippen LogP contribution in [0.25, 0.3) is 0 Å². The third kappa shape index (κ3) is 3.25. The van der Waals surface area contributed by atoms with Gasteiger partial charge in [-0.15, -0.1) is 0 Å². The Kier molecular flexibility index (Phi) is 5.44. The maximum Gasteiger partial charge on any atom is 0.282 e. The SMILES string of the molecule is O=S(=O)(N1CCOCC1)N(CCCBr)C1CCC1. The average Bonchev–Trinajstić information content (AvgIpc) is 2.33. The molecule has 0 aromatic carbocycles. The van der Waals surface area contributed by atoms with Gasteiger partial charge in [0.15, 0.2) is 0 Å². The summed E-state index contributed by atoms with van der Waals surface area (Å²) in [6.45, 7) is 2.61. The second-order valence-electron chi connectivity index (χ2n) is 4.76. The van der Waals surface area contributed by atoms with Gasteiger partial charge in [0, 0.05) is 31.0 Å². The average molecular weight is 341 g/mol. The van der Waals surface area contributed by atoms with E-state index in [9.17, 15) is 8.42 Å². The monoisotopic (exact) mass is 340 g/mol. The molecule has 0 spiro atoms. The molecule has 1 saturated heterocycles. The lowest BCUT2D eigenvalue weighted by Crippen LogP contribution is -2.53. The molecule has 7 heteroatoms. The van der Waals surface area contributed by atoms with Crippen molar-refractivity contribution < 1.29 is 13.2 Å². The summed E-state index contributed by atoms with van der Waals surface area (Å²) in [5, 5.41) is 0.842. The van der Waals surface area contributed by atoms with E-state index in [2.05, 4.69) is 15.9 Å². The van der Waals surface area contributed by atoms with Crippen LogP contribution in [0.5, 0.6) is 0 Å². The number of alkyl halides is 1. The number of morpholine rings is 1. The fraction of sp³-hybridized carbons (Fsp3) is 1.00. The molecule has 0 aromatic heterocycles. The molecule has 106 valence electrons. The van der Waals surface area contributed by atoms with Gasteiger partial charge < -0.3 is 4.74 Å². The van der Waals surface area contributed by atoms with Crippen molar-refractivity contribution in [2.45, 2.75) is 31.7 Å². The van der Waals surface area contributed by atoms with Gasteiger partial charge in [0.25, 0.3) is 10.2 Å². The molecule has 1 saturated carbocycles. The van der Waals surface area contributed by atoms with Crippen molar-refractivity contribution in [1.82, 2.24) is 8.61 Å². The molecule has 0 radical (unpaired) electrons. The lowest BCUT2D eigenvalue weighted by atomic mass is 9.93. The van der Waals surface area contributed by atoms with Gasteiger partial charge >= 0.3 is 0 Å². The van der Waals surface area contributed by atoms with Crippen LogP contribution in [-0.2, 0) is 14.9 Å². The third-order valence-corrected chi connectivity index (χ3v) is 6.24. The largest absolute Gasteiger partial charge is 0.379 e. The van der Waals surface area contributed by atoms with Gasteiger partial charge in [-0.25, -0.2) is 0 Å². The predicted octanol–water partition coefficient (Wildman–Crippen LogP) is 1.20. The van der Waals surface area contributed by atoms with Gasteiger partial charge in [0.05, 0.1) is 13.2 Å². The minimum Gasteiger partial charge on any atom is -0.379 e. The summed E-state index contributed by atoms with van der Waals surface area (Å²) in [6, 6.07) is 0.219. The standard InChI is InChI=1S/C11H21BrN2O3S/c12-5-2-6-14(11-3-1-4-11)18(15,16)13-7-9-17-10-8-13/h11H,1-10H2. The molecular weight excluding hydrogens is 320 g/mol. The van der Waals surface area contributed by atoms with Crippen LogP contribution >= 0.6 is 15.9 Å². The van der Waals surface area contributed by atoms with Crippen LogP contribution in [0.1, 0.15) is 25.7 Å². The van der Waals surface area contributed by atoms with Crippen molar-refractivity contribution in [2.75, 3.05) is 38.2 Å². The molecule has 0 bridgehead atoms. The predicted molar refractivity (Wildman–Crippen MR) is 74.1 cm³/mol. The first-order valence-corrected chi connectivity index (χ1v) is 9.08. The Labute approximate surface area is 118 Å². The van der Waals surface area contributed by atoms with Crippen LogP contribution in [0.2, 0.25) is 0 Å². The van der Waals surface area contributed by atoms with E-state index in [0.717, 1.165) is 31.0 Å². The number of ether oxygens (including phenoxy) is 1. The van der Waals surface area contributed by atoms with Crippen molar-refractivity contribution in [3.63, 3.8) is 0 Å². The Bertz CT molecular complexity index is 353. The maximum absolute atomic E-state index is 12.6. The molecule has 1 aliphatic carbocycles. The number of halogens is 1. The lowest BCUT2D eigenvalue weighted by molar-refractivity contribution is 0.0677. The first-order chi connectivity index (χ1) is 8.66. The fourth-order valence-electron chi connectivity index (χ4n) is 2.30. The second-order valence-corrected chi connectivity index (χ2v) is 7.43. The zero-order valence-corrected chi connectivity index (χ0v) is 13.0. The number of hydrogen-bond donors (Lipinski definition) is 0. The van der Waals surface area contributed by atoms with E-state index in [1.165, 1.54) is 0 Å². The first kappa shape index (κ1) is 14.7. The van der Waals surface area contributed by atoms with Crippen LogP contribution in [0, 0.1) is 0 Å².